The summed E-state index contributed by atoms with van der Waals surface area (Å²) in [4.78, 5) is 12.1. The summed E-state index contributed by atoms with van der Waals surface area (Å²) in [5, 5.41) is 3.02. The molecule has 120 valence electrons. The second-order valence-electron chi connectivity index (χ2n) is 5.57. The number of fused-ring (bicyclic) bond motifs is 1. The Hall–Kier alpha value is -1.88. The third-order valence-corrected chi connectivity index (χ3v) is 4.58. The molecule has 0 aromatic heterocycles. The third-order valence-electron chi connectivity index (χ3n) is 3.96. The minimum atomic E-state index is -0.354. The number of amides is 1. The molecule has 1 N–H and O–H groups in total. The maximum atomic E-state index is 13.0. The summed E-state index contributed by atoms with van der Waals surface area (Å²) < 4.78 is 19.0. The maximum Gasteiger partial charge on any atom is 0.258 e. The van der Waals surface area contributed by atoms with E-state index in [1.54, 1.807) is 0 Å². The van der Waals surface area contributed by atoms with Crippen LogP contribution >= 0.6 is 15.9 Å². The van der Waals surface area contributed by atoms with Crippen molar-refractivity contribution in [1.82, 2.24) is 5.32 Å². The van der Waals surface area contributed by atoms with Gasteiger partial charge in [0.1, 0.15) is 11.6 Å². The molecular formula is C18H17BrFNO2. The van der Waals surface area contributed by atoms with E-state index >= 15 is 0 Å². The summed E-state index contributed by atoms with van der Waals surface area (Å²) in [5.74, 6) is -0.0824. The molecule has 0 spiro atoms. The van der Waals surface area contributed by atoms with Crippen molar-refractivity contribution >= 4 is 21.8 Å². The lowest BCUT2D eigenvalue weighted by Crippen LogP contribution is -2.34. The van der Waals surface area contributed by atoms with Crippen LogP contribution in [0.25, 0.3) is 0 Å². The van der Waals surface area contributed by atoms with Crippen molar-refractivity contribution in [3.63, 3.8) is 0 Å². The van der Waals surface area contributed by atoms with Gasteiger partial charge in [-0.25, -0.2) is 4.39 Å². The van der Waals surface area contributed by atoms with Crippen LogP contribution < -0.4 is 10.1 Å². The highest BCUT2D eigenvalue weighted by Crippen LogP contribution is 2.29. The molecule has 0 saturated heterocycles. The number of hydrogen-bond donors (Lipinski definition) is 1. The normalized spacial score (nSPS) is 16.5. The van der Waals surface area contributed by atoms with E-state index in [4.69, 9.17) is 4.74 Å². The van der Waals surface area contributed by atoms with Gasteiger partial charge in [0.25, 0.3) is 5.91 Å². The third kappa shape index (κ3) is 3.91. The highest BCUT2D eigenvalue weighted by atomic mass is 79.9. The topological polar surface area (TPSA) is 38.3 Å². The van der Waals surface area contributed by atoms with Crippen LogP contribution in [0.3, 0.4) is 0 Å². The smallest absolute Gasteiger partial charge is 0.258 e. The quantitative estimate of drug-likeness (QED) is 0.868. The number of ether oxygens (including phenoxy) is 1. The number of hydrogen-bond acceptors (Lipinski definition) is 2. The molecule has 0 heterocycles. The molecule has 0 fully saturated rings. The van der Waals surface area contributed by atoms with Gasteiger partial charge in [-0.05, 0) is 64.5 Å². The molecule has 0 unspecified atom stereocenters. The molecule has 0 bridgehead atoms. The first kappa shape index (κ1) is 16.0. The van der Waals surface area contributed by atoms with E-state index in [2.05, 4.69) is 33.4 Å². The van der Waals surface area contributed by atoms with Gasteiger partial charge >= 0.3 is 0 Å². The second-order valence-corrected chi connectivity index (χ2v) is 6.43. The van der Waals surface area contributed by atoms with Crippen molar-refractivity contribution < 1.29 is 13.9 Å². The van der Waals surface area contributed by atoms with Gasteiger partial charge in [-0.3, -0.25) is 4.79 Å². The number of benzene rings is 2. The van der Waals surface area contributed by atoms with Gasteiger partial charge in [-0.2, -0.15) is 0 Å². The summed E-state index contributed by atoms with van der Waals surface area (Å²) in [5.41, 5.74) is 2.49. The van der Waals surface area contributed by atoms with Crippen LogP contribution in [0.5, 0.6) is 5.75 Å². The molecular weight excluding hydrogens is 361 g/mol. The average Bonchev–Trinajstić information content (AvgIpc) is 2.54. The molecule has 3 nitrogen and oxygen atoms in total. The van der Waals surface area contributed by atoms with Gasteiger partial charge in [-0.1, -0.05) is 24.3 Å². The predicted octanol–water partition coefficient (Wildman–Crippen LogP) is 4.16. The van der Waals surface area contributed by atoms with Gasteiger partial charge in [0.2, 0.25) is 0 Å². The van der Waals surface area contributed by atoms with Gasteiger partial charge < -0.3 is 10.1 Å². The summed E-state index contributed by atoms with van der Waals surface area (Å²) >= 11 is 3.22. The number of carbonyl (C=O) groups is 1. The first-order chi connectivity index (χ1) is 11.1. The molecule has 1 atom stereocenters. The first-order valence-electron chi connectivity index (χ1n) is 7.58. The van der Waals surface area contributed by atoms with E-state index in [0.717, 1.165) is 19.3 Å². The lowest BCUT2D eigenvalue weighted by Gasteiger charge is -2.26. The van der Waals surface area contributed by atoms with Crippen molar-refractivity contribution in [3.8, 4) is 5.75 Å². The van der Waals surface area contributed by atoms with E-state index in [-0.39, 0.29) is 24.4 Å². The van der Waals surface area contributed by atoms with Crippen LogP contribution in [-0.4, -0.2) is 12.5 Å². The van der Waals surface area contributed by atoms with Gasteiger partial charge in [0, 0.05) is 0 Å². The SMILES string of the molecule is O=C(COc1ccc(F)cc1Br)N[C@@H]1CCCc2ccccc21. The van der Waals surface area contributed by atoms with Crippen molar-refractivity contribution in [2.24, 2.45) is 0 Å². The molecule has 2 aromatic carbocycles. The Morgan fingerprint density at radius 1 is 1.30 bits per heavy atom. The lowest BCUT2D eigenvalue weighted by atomic mass is 9.88. The second kappa shape index (κ2) is 7.13. The molecule has 0 aliphatic heterocycles. The average molecular weight is 378 g/mol. The fourth-order valence-corrected chi connectivity index (χ4v) is 3.34. The van der Waals surface area contributed by atoms with Crippen molar-refractivity contribution in [2.45, 2.75) is 25.3 Å². The van der Waals surface area contributed by atoms with Gasteiger partial charge in [0.05, 0.1) is 10.5 Å². The Labute approximate surface area is 143 Å². The molecule has 0 radical (unpaired) electrons. The Balaban J connectivity index is 1.60. The highest BCUT2D eigenvalue weighted by Gasteiger charge is 2.21. The van der Waals surface area contributed by atoms with Crippen LogP contribution in [0.4, 0.5) is 4.39 Å². The van der Waals surface area contributed by atoms with E-state index in [9.17, 15) is 9.18 Å². The number of aryl methyl sites for hydroxylation is 1. The van der Waals surface area contributed by atoms with Crippen LogP contribution in [-0.2, 0) is 11.2 Å². The molecule has 1 aliphatic rings. The lowest BCUT2D eigenvalue weighted by molar-refractivity contribution is -0.124. The van der Waals surface area contributed by atoms with E-state index in [1.165, 1.54) is 29.3 Å². The molecule has 0 saturated carbocycles. The molecule has 23 heavy (non-hydrogen) atoms. The Morgan fingerprint density at radius 3 is 2.96 bits per heavy atom. The fraction of sp³-hybridized carbons (Fsp3) is 0.278. The molecule has 1 amide bonds. The summed E-state index contributed by atoms with van der Waals surface area (Å²) in [6.45, 7) is -0.0943. The fourth-order valence-electron chi connectivity index (χ4n) is 2.88. The van der Waals surface area contributed by atoms with E-state index < -0.39 is 0 Å². The Bertz CT molecular complexity index is 720. The number of halogens is 2. The van der Waals surface area contributed by atoms with Crippen LogP contribution in [0, 0.1) is 5.82 Å². The number of rotatable bonds is 4. The molecule has 2 aromatic rings. The predicted molar refractivity (Wildman–Crippen MR) is 89.9 cm³/mol. The maximum absolute atomic E-state index is 13.0. The van der Waals surface area contributed by atoms with Crippen molar-refractivity contribution in [2.75, 3.05) is 6.61 Å². The summed E-state index contributed by atoms with van der Waals surface area (Å²) in [6, 6.07) is 12.3. The zero-order chi connectivity index (χ0) is 16.2. The van der Waals surface area contributed by atoms with Crippen LogP contribution in [0.1, 0.15) is 30.0 Å². The first-order valence-corrected chi connectivity index (χ1v) is 8.38. The Kier molecular flexibility index (Phi) is 4.96. The minimum Gasteiger partial charge on any atom is -0.483 e. The summed E-state index contributed by atoms with van der Waals surface area (Å²) in [6.07, 6.45) is 3.05. The number of carbonyl (C=O) groups excluding carboxylic acids is 1. The van der Waals surface area contributed by atoms with Gasteiger partial charge in [0.15, 0.2) is 6.61 Å². The monoisotopic (exact) mass is 377 g/mol. The van der Waals surface area contributed by atoms with E-state index in [1.807, 2.05) is 12.1 Å². The molecule has 1 aliphatic carbocycles. The van der Waals surface area contributed by atoms with Crippen LogP contribution in [0.15, 0.2) is 46.9 Å². The van der Waals surface area contributed by atoms with Crippen molar-refractivity contribution in [1.29, 1.82) is 0 Å². The molecule has 5 heteroatoms. The minimum absolute atomic E-state index is 0.0349. The largest absolute Gasteiger partial charge is 0.483 e. The zero-order valence-electron chi connectivity index (χ0n) is 12.5. The molecule has 3 rings (SSSR count). The highest BCUT2D eigenvalue weighted by molar-refractivity contribution is 9.10. The van der Waals surface area contributed by atoms with Crippen molar-refractivity contribution in [3.05, 3.63) is 63.9 Å². The van der Waals surface area contributed by atoms with Gasteiger partial charge in [-0.15, -0.1) is 0 Å². The zero-order valence-corrected chi connectivity index (χ0v) is 14.1. The summed E-state index contributed by atoms with van der Waals surface area (Å²) in [7, 11) is 0. The van der Waals surface area contributed by atoms with Crippen LogP contribution in [0.2, 0.25) is 0 Å². The number of nitrogens with one attached hydrogen (secondary N) is 1. The standard InChI is InChI=1S/C18H17BrFNO2/c19-15-10-13(20)8-9-17(15)23-11-18(22)21-16-7-3-5-12-4-1-2-6-14(12)16/h1-2,4,6,8-10,16H,3,5,7,11H2,(H,21,22)/t16-/m1/s1. The Morgan fingerprint density at radius 2 is 2.13 bits per heavy atom. The van der Waals surface area contributed by atoms with E-state index in [0.29, 0.717) is 10.2 Å².